The highest BCUT2D eigenvalue weighted by Crippen LogP contribution is 2.25. The molecule has 1 saturated heterocycles. The van der Waals surface area contributed by atoms with Gasteiger partial charge in [-0.1, -0.05) is 6.92 Å². The van der Waals surface area contributed by atoms with E-state index in [0.29, 0.717) is 0 Å². The summed E-state index contributed by atoms with van der Waals surface area (Å²) >= 11 is 0. The summed E-state index contributed by atoms with van der Waals surface area (Å²) in [6.07, 6.45) is 8.99. The van der Waals surface area contributed by atoms with E-state index in [1.54, 1.807) is 6.33 Å². The van der Waals surface area contributed by atoms with Crippen molar-refractivity contribution in [3.8, 4) is 0 Å². The van der Waals surface area contributed by atoms with Crippen molar-refractivity contribution in [3.63, 3.8) is 0 Å². The van der Waals surface area contributed by atoms with Crippen LogP contribution in [0.1, 0.15) is 37.8 Å². The van der Waals surface area contributed by atoms with Crippen LogP contribution in [0.25, 0.3) is 0 Å². The van der Waals surface area contributed by atoms with Crippen LogP contribution in [0.3, 0.4) is 0 Å². The van der Waals surface area contributed by atoms with Gasteiger partial charge in [-0.3, -0.25) is 0 Å². The van der Waals surface area contributed by atoms with Gasteiger partial charge in [0.1, 0.15) is 6.33 Å². The predicted molar refractivity (Wildman–Crippen MR) is 62.0 cm³/mol. The minimum absolute atomic E-state index is 0.239. The molecule has 0 bridgehead atoms. The molecule has 4 heteroatoms. The van der Waals surface area contributed by atoms with Gasteiger partial charge < -0.3 is 10.1 Å². The number of rotatable bonds is 5. The van der Waals surface area contributed by atoms with Crippen LogP contribution in [-0.4, -0.2) is 29.2 Å². The molecular weight excluding hydrogens is 202 g/mol. The topological polar surface area (TPSA) is 47.0 Å². The maximum Gasteiger partial charge on any atom is 0.115 e. The van der Waals surface area contributed by atoms with E-state index in [0.717, 1.165) is 38.0 Å². The SMILES string of the molecule is CCCNC(c1cncnc1)C1CCCO1. The third kappa shape index (κ3) is 2.77. The Morgan fingerprint density at radius 1 is 1.50 bits per heavy atom. The van der Waals surface area contributed by atoms with Crippen LogP contribution in [0.5, 0.6) is 0 Å². The first-order valence-electron chi connectivity index (χ1n) is 6.01. The Morgan fingerprint density at radius 2 is 2.31 bits per heavy atom. The molecule has 0 saturated carbocycles. The van der Waals surface area contributed by atoms with Crippen LogP contribution in [0.2, 0.25) is 0 Å². The Balaban J connectivity index is 2.07. The molecule has 0 aromatic carbocycles. The van der Waals surface area contributed by atoms with Crippen LogP contribution in [0.4, 0.5) is 0 Å². The third-order valence-electron chi connectivity index (χ3n) is 2.89. The van der Waals surface area contributed by atoms with Crippen molar-refractivity contribution < 1.29 is 4.74 Å². The minimum Gasteiger partial charge on any atom is -0.376 e. The van der Waals surface area contributed by atoms with Gasteiger partial charge in [0.25, 0.3) is 0 Å². The van der Waals surface area contributed by atoms with Crippen molar-refractivity contribution in [2.45, 2.75) is 38.3 Å². The van der Waals surface area contributed by atoms with E-state index < -0.39 is 0 Å². The van der Waals surface area contributed by atoms with Gasteiger partial charge in [0.15, 0.2) is 0 Å². The van der Waals surface area contributed by atoms with Gasteiger partial charge in [-0.05, 0) is 25.8 Å². The van der Waals surface area contributed by atoms with Crippen LogP contribution in [0, 0.1) is 0 Å². The first-order valence-corrected chi connectivity index (χ1v) is 6.01. The van der Waals surface area contributed by atoms with E-state index in [1.165, 1.54) is 0 Å². The Morgan fingerprint density at radius 3 is 2.94 bits per heavy atom. The van der Waals surface area contributed by atoms with E-state index in [4.69, 9.17) is 4.74 Å². The minimum atomic E-state index is 0.239. The number of nitrogens with one attached hydrogen (secondary N) is 1. The summed E-state index contributed by atoms with van der Waals surface area (Å²) in [6, 6.07) is 0.239. The largest absolute Gasteiger partial charge is 0.376 e. The molecule has 2 unspecified atom stereocenters. The second kappa shape index (κ2) is 5.92. The average Bonchev–Trinajstić information content (AvgIpc) is 2.85. The molecule has 1 aromatic heterocycles. The molecule has 0 aliphatic carbocycles. The molecule has 0 spiro atoms. The van der Waals surface area contributed by atoms with E-state index in [-0.39, 0.29) is 12.1 Å². The standard InChI is InChI=1S/C12H19N3O/c1-2-5-15-12(11-4-3-6-16-11)10-7-13-9-14-8-10/h7-9,11-12,15H,2-6H2,1H3. The van der Waals surface area contributed by atoms with Gasteiger partial charge in [0.05, 0.1) is 12.1 Å². The maximum atomic E-state index is 5.75. The fourth-order valence-corrected chi connectivity index (χ4v) is 2.10. The van der Waals surface area contributed by atoms with Gasteiger partial charge >= 0.3 is 0 Å². The molecular formula is C12H19N3O. The highest BCUT2D eigenvalue weighted by atomic mass is 16.5. The number of hydrogen-bond acceptors (Lipinski definition) is 4. The molecule has 4 nitrogen and oxygen atoms in total. The highest BCUT2D eigenvalue weighted by molar-refractivity contribution is 5.11. The molecule has 0 radical (unpaired) electrons. The normalized spacial score (nSPS) is 22.2. The Kier molecular flexibility index (Phi) is 4.25. The average molecular weight is 221 g/mol. The lowest BCUT2D eigenvalue weighted by Gasteiger charge is -2.23. The van der Waals surface area contributed by atoms with Gasteiger partial charge in [-0.2, -0.15) is 0 Å². The van der Waals surface area contributed by atoms with Gasteiger partial charge in [-0.15, -0.1) is 0 Å². The van der Waals surface area contributed by atoms with Crippen LogP contribution >= 0.6 is 0 Å². The molecule has 1 aromatic rings. The quantitative estimate of drug-likeness (QED) is 0.822. The molecule has 88 valence electrons. The Bertz CT molecular complexity index is 298. The Labute approximate surface area is 96.4 Å². The summed E-state index contributed by atoms with van der Waals surface area (Å²) < 4.78 is 5.75. The molecule has 2 heterocycles. The summed E-state index contributed by atoms with van der Waals surface area (Å²) in [4.78, 5) is 8.16. The van der Waals surface area contributed by atoms with E-state index in [2.05, 4.69) is 22.2 Å². The predicted octanol–water partition coefficient (Wildman–Crippen LogP) is 1.70. The van der Waals surface area contributed by atoms with Crippen molar-refractivity contribution in [1.29, 1.82) is 0 Å². The number of hydrogen-bond donors (Lipinski definition) is 1. The lowest BCUT2D eigenvalue weighted by Crippen LogP contribution is -2.32. The molecule has 1 aliphatic rings. The zero-order chi connectivity index (χ0) is 11.2. The molecule has 16 heavy (non-hydrogen) atoms. The van der Waals surface area contributed by atoms with E-state index in [9.17, 15) is 0 Å². The third-order valence-corrected chi connectivity index (χ3v) is 2.89. The molecule has 1 aliphatic heterocycles. The summed E-state index contributed by atoms with van der Waals surface area (Å²) in [5, 5.41) is 3.52. The van der Waals surface area contributed by atoms with Crippen LogP contribution in [-0.2, 0) is 4.74 Å². The smallest absolute Gasteiger partial charge is 0.115 e. The van der Waals surface area contributed by atoms with Crippen molar-refractivity contribution in [2.75, 3.05) is 13.2 Å². The molecule has 1 fully saturated rings. The van der Waals surface area contributed by atoms with E-state index in [1.807, 2.05) is 12.4 Å². The summed E-state index contributed by atoms with van der Waals surface area (Å²) in [5.41, 5.74) is 1.13. The summed E-state index contributed by atoms with van der Waals surface area (Å²) in [6.45, 7) is 4.04. The summed E-state index contributed by atoms with van der Waals surface area (Å²) in [7, 11) is 0. The molecule has 1 N–H and O–H groups in total. The van der Waals surface area contributed by atoms with Crippen molar-refractivity contribution >= 4 is 0 Å². The monoisotopic (exact) mass is 221 g/mol. The number of aromatic nitrogens is 2. The van der Waals surface area contributed by atoms with Gasteiger partial charge in [-0.25, -0.2) is 9.97 Å². The van der Waals surface area contributed by atoms with Crippen molar-refractivity contribution in [3.05, 3.63) is 24.3 Å². The zero-order valence-electron chi connectivity index (χ0n) is 9.72. The first kappa shape index (κ1) is 11.5. The lowest BCUT2D eigenvalue weighted by molar-refractivity contribution is 0.0781. The van der Waals surface area contributed by atoms with Crippen LogP contribution in [0.15, 0.2) is 18.7 Å². The highest BCUT2D eigenvalue weighted by Gasteiger charge is 2.26. The molecule has 2 atom stereocenters. The van der Waals surface area contributed by atoms with E-state index >= 15 is 0 Å². The number of nitrogens with zero attached hydrogens (tertiary/aromatic N) is 2. The zero-order valence-corrected chi connectivity index (χ0v) is 9.72. The van der Waals surface area contributed by atoms with Crippen molar-refractivity contribution in [1.82, 2.24) is 15.3 Å². The molecule has 0 amide bonds. The fourth-order valence-electron chi connectivity index (χ4n) is 2.10. The van der Waals surface area contributed by atoms with Crippen LogP contribution < -0.4 is 5.32 Å². The molecule has 2 rings (SSSR count). The van der Waals surface area contributed by atoms with Gasteiger partial charge in [0, 0.05) is 24.6 Å². The lowest BCUT2D eigenvalue weighted by atomic mass is 10.0. The van der Waals surface area contributed by atoms with Crippen molar-refractivity contribution in [2.24, 2.45) is 0 Å². The fraction of sp³-hybridized carbons (Fsp3) is 0.667. The second-order valence-corrected chi connectivity index (χ2v) is 4.16. The number of ether oxygens (including phenoxy) is 1. The second-order valence-electron chi connectivity index (χ2n) is 4.16. The Hall–Kier alpha value is -1.00. The summed E-state index contributed by atoms with van der Waals surface area (Å²) in [5.74, 6) is 0. The maximum absolute atomic E-state index is 5.75. The van der Waals surface area contributed by atoms with Gasteiger partial charge in [0.2, 0.25) is 0 Å². The first-order chi connectivity index (χ1) is 7.92.